The van der Waals surface area contributed by atoms with Gasteiger partial charge in [-0.05, 0) is 48.8 Å². The predicted octanol–water partition coefficient (Wildman–Crippen LogP) is 6.53. The van der Waals surface area contributed by atoms with Crippen LogP contribution in [0.2, 0.25) is 0 Å². The van der Waals surface area contributed by atoms with Crippen LogP contribution in [-0.4, -0.2) is 16.7 Å². The first-order chi connectivity index (χ1) is 14.2. The smallest absolute Gasteiger partial charge is 0.159 e. The van der Waals surface area contributed by atoms with Gasteiger partial charge < -0.3 is 9.62 Å². The van der Waals surface area contributed by atoms with Crippen LogP contribution >= 0.6 is 0 Å². The predicted molar refractivity (Wildman–Crippen MR) is 118 cm³/mol. The fraction of sp³-hybridized carbons (Fsp3) is 0.280. The van der Waals surface area contributed by atoms with Crippen LogP contribution in [0.15, 0.2) is 52.0 Å². The van der Waals surface area contributed by atoms with Crippen molar-refractivity contribution in [2.24, 2.45) is 5.16 Å². The van der Waals surface area contributed by atoms with E-state index < -0.39 is 5.82 Å². The van der Waals surface area contributed by atoms with Gasteiger partial charge in [-0.15, -0.1) is 0 Å². The van der Waals surface area contributed by atoms with Crippen LogP contribution < -0.4 is 0 Å². The summed E-state index contributed by atoms with van der Waals surface area (Å²) in [6.07, 6.45) is 3.85. The number of allylic oxidation sites excluding steroid dienone is 1. The van der Waals surface area contributed by atoms with E-state index in [4.69, 9.17) is 4.42 Å². The van der Waals surface area contributed by atoms with Crippen LogP contribution in [-0.2, 0) is 11.8 Å². The van der Waals surface area contributed by atoms with E-state index in [1.807, 2.05) is 18.2 Å². The number of rotatable bonds is 5. The highest BCUT2D eigenvalue weighted by Crippen LogP contribution is 2.36. The topological polar surface area (TPSA) is 62.8 Å². The molecule has 0 aliphatic rings. The number of furan rings is 1. The second-order valence-corrected chi connectivity index (χ2v) is 8.33. The molecule has 0 spiro atoms. The zero-order valence-electron chi connectivity index (χ0n) is 17.9. The number of oxime groups is 1. The summed E-state index contributed by atoms with van der Waals surface area (Å²) in [6, 6.07) is 9.92. The zero-order valence-corrected chi connectivity index (χ0v) is 17.9. The van der Waals surface area contributed by atoms with Crippen LogP contribution in [0.1, 0.15) is 67.4 Å². The Morgan fingerprint density at radius 3 is 2.43 bits per heavy atom. The zero-order chi connectivity index (χ0) is 22.1. The lowest BCUT2D eigenvalue weighted by Crippen LogP contribution is -2.12. The second kappa shape index (κ2) is 8.27. The first-order valence-electron chi connectivity index (χ1n) is 9.92. The Kier molecular flexibility index (Phi) is 5.92. The number of nitrogens with zero attached hydrogens (tertiary/aromatic N) is 1. The van der Waals surface area contributed by atoms with Crippen molar-refractivity contribution in [1.29, 1.82) is 0 Å². The van der Waals surface area contributed by atoms with Crippen molar-refractivity contribution in [2.45, 2.75) is 46.5 Å². The summed E-state index contributed by atoms with van der Waals surface area (Å²) in [5.41, 5.74) is 3.41. The summed E-state index contributed by atoms with van der Waals surface area (Å²) in [5.74, 6) is 0.237. The first-order valence-corrected chi connectivity index (χ1v) is 9.92. The summed E-state index contributed by atoms with van der Waals surface area (Å²) in [5, 5.41) is 13.9. The van der Waals surface area contributed by atoms with E-state index in [9.17, 15) is 14.4 Å². The Morgan fingerprint density at radius 2 is 1.87 bits per heavy atom. The van der Waals surface area contributed by atoms with Crippen molar-refractivity contribution in [3.05, 3.63) is 76.3 Å². The van der Waals surface area contributed by atoms with Crippen molar-refractivity contribution >= 4 is 28.5 Å². The summed E-state index contributed by atoms with van der Waals surface area (Å²) in [7, 11) is 0. The number of carbonyl (C=O) groups is 1. The molecule has 0 amide bonds. The van der Waals surface area contributed by atoms with E-state index in [-0.39, 0.29) is 11.2 Å². The SMILES string of the molecule is CCc1oc2ccc(C(/C=C/c3ccc(C(C)=O)cc3F)=N\O)cc2c1C(C)(C)C. The Morgan fingerprint density at radius 1 is 1.17 bits per heavy atom. The van der Waals surface area contributed by atoms with Gasteiger partial charge in [-0.25, -0.2) is 4.39 Å². The molecule has 1 heterocycles. The van der Waals surface area contributed by atoms with Gasteiger partial charge in [-0.1, -0.05) is 45.0 Å². The fourth-order valence-corrected chi connectivity index (χ4v) is 3.62. The molecule has 0 unspecified atom stereocenters. The molecule has 4 nitrogen and oxygen atoms in total. The second-order valence-electron chi connectivity index (χ2n) is 8.33. The summed E-state index contributed by atoms with van der Waals surface area (Å²) >= 11 is 0. The van der Waals surface area contributed by atoms with Crippen molar-refractivity contribution in [1.82, 2.24) is 0 Å². The minimum atomic E-state index is -0.510. The molecular weight excluding hydrogens is 381 g/mol. The van der Waals surface area contributed by atoms with Crippen molar-refractivity contribution in [3.8, 4) is 0 Å². The molecule has 0 aliphatic carbocycles. The molecule has 0 atom stereocenters. The molecule has 0 aliphatic heterocycles. The van der Waals surface area contributed by atoms with Crippen LogP contribution in [0.5, 0.6) is 0 Å². The molecule has 5 heteroatoms. The van der Waals surface area contributed by atoms with Gasteiger partial charge in [0.15, 0.2) is 5.78 Å². The molecule has 30 heavy (non-hydrogen) atoms. The highest BCUT2D eigenvalue weighted by Gasteiger charge is 2.24. The third-order valence-electron chi connectivity index (χ3n) is 5.06. The van der Waals surface area contributed by atoms with Gasteiger partial charge in [-0.2, -0.15) is 0 Å². The standard InChI is InChI=1S/C25H26FNO3/c1-6-22-24(25(3,4)5)19-13-18(10-12-23(19)30-22)21(27-29)11-9-16-7-8-17(15(2)28)14-20(16)26/h7-14,29H,6H2,1-5H3/b11-9+,27-21-. The maximum atomic E-state index is 14.3. The molecule has 156 valence electrons. The highest BCUT2D eigenvalue weighted by atomic mass is 19.1. The normalized spacial score (nSPS) is 12.8. The summed E-state index contributed by atoms with van der Waals surface area (Å²) in [4.78, 5) is 11.4. The number of halogens is 1. The molecular formula is C25H26FNO3. The largest absolute Gasteiger partial charge is 0.461 e. The van der Waals surface area contributed by atoms with Gasteiger partial charge in [-0.3, -0.25) is 4.79 Å². The molecule has 0 saturated carbocycles. The van der Waals surface area contributed by atoms with Gasteiger partial charge in [0, 0.05) is 34.1 Å². The Bertz CT molecular complexity index is 1160. The Balaban J connectivity index is 2.01. The number of benzene rings is 2. The maximum Gasteiger partial charge on any atom is 0.159 e. The van der Waals surface area contributed by atoms with E-state index in [0.717, 1.165) is 28.7 Å². The van der Waals surface area contributed by atoms with Crippen molar-refractivity contribution in [3.63, 3.8) is 0 Å². The number of aryl methyl sites for hydroxylation is 1. The molecule has 0 saturated heterocycles. The highest BCUT2D eigenvalue weighted by molar-refractivity contribution is 6.12. The molecule has 0 radical (unpaired) electrons. The summed E-state index contributed by atoms with van der Waals surface area (Å²) in [6.45, 7) is 9.86. The molecule has 3 aromatic rings. The van der Waals surface area contributed by atoms with E-state index in [1.54, 1.807) is 12.1 Å². The minimum Gasteiger partial charge on any atom is -0.461 e. The third-order valence-corrected chi connectivity index (χ3v) is 5.06. The summed E-state index contributed by atoms with van der Waals surface area (Å²) < 4.78 is 20.3. The van der Waals surface area contributed by atoms with E-state index in [1.165, 1.54) is 25.1 Å². The number of hydrogen-bond acceptors (Lipinski definition) is 4. The van der Waals surface area contributed by atoms with E-state index >= 15 is 0 Å². The maximum absolute atomic E-state index is 14.3. The monoisotopic (exact) mass is 407 g/mol. The number of hydrogen-bond donors (Lipinski definition) is 1. The fourth-order valence-electron chi connectivity index (χ4n) is 3.62. The van der Waals surface area contributed by atoms with E-state index in [0.29, 0.717) is 22.4 Å². The van der Waals surface area contributed by atoms with Crippen LogP contribution in [0, 0.1) is 5.82 Å². The third kappa shape index (κ3) is 4.20. The average Bonchev–Trinajstić information content (AvgIpc) is 3.07. The van der Waals surface area contributed by atoms with Crippen molar-refractivity contribution < 1.29 is 18.8 Å². The number of Topliss-reactive ketones (excluding diaryl/α,β-unsaturated/α-hetero) is 1. The molecule has 2 aromatic carbocycles. The van der Waals surface area contributed by atoms with Crippen molar-refractivity contribution in [2.75, 3.05) is 0 Å². The lowest BCUT2D eigenvalue weighted by molar-refractivity contribution is 0.101. The molecule has 0 fully saturated rings. The average molecular weight is 407 g/mol. The van der Waals surface area contributed by atoms with Crippen LogP contribution in [0.3, 0.4) is 0 Å². The number of fused-ring (bicyclic) bond motifs is 1. The minimum absolute atomic E-state index is 0.108. The van der Waals surface area contributed by atoms with Gasteiger partial charge in [0.05, 0.1) is 0 Å². The van der Waals surface area contributed by atoms with Gasteiger partial charge >= 0.3 is 0 Å². The van der Waals surface area contributed by atoms with Crippen LogP contribution in [0.4, 0.5) is 4.39 Å². The first kappa shape index (κ1) is 21.5. The lowest BCUT2D eigenvalue weighted by Gasteiger charge is -2.19. The Hall–Kier alpha value is -3.21. The molecule has 1 N–H and O–H groups in total. The molecule has 0 bridgehead atoms. The number of carbonyl (C=O) groups excluding carboxylic acids is 1. The number of ketones is 1. The molecule has 1 aromatic heterocycles. The van der Waals surface area contributed by atoms with E-state index in [2.05, 4.69) is 32.9 Å². The molecule has 3 rings (SSSR count). The van der Waals surface area contributed by atoms with Crippen LogP contribution in [0.25, 0.3) is 17.0 Å². The van der Waals surface area contributed by atoms with Gasteiger partial charge in [0.1, 0.15) is 22.9 Å². The van der Waals surface area contributed by atoms with Gasteiger partial charge in [0.25, 0.3) is 0 Å². The quantitative estimate of drug-likeness (QED) is 0.226. The van der Waals surface area contributed by atoms with Gasteiger partial charge in [0.2, 0.25) is 0 Å². The lowest BCUT2D eigenvalue weighted by atomic mass is 9.84. The Labute approximate surface area is 175 Å².